The third kappa shape index (κ3) is 5.86. The molecular weight excluding hydrogens is 494 g/mol. The van der Waals surface area contributed by atoms with Crippen LogP contribution in [0.15, 0.2) is 54.6 Å². The molecule has 4 rings (SSSR count). The molecule has 10 nitrogen and oxygen atoms in total. The average Bonchev–Trinajstić information content (AvgIpc) is 3.24. The lowest BCUT2D eigenvalue weighted by molar-refractivity contribution is -0.254. The number of nitrogens with one attached hydrogen (secondary N) is 1. The van der Waals surface area contributed by atoms with Crippen LogP contribution >= 0.6 is 0 Å². The Morgan fingerprint density at radius 1 is 0.737 bits per heavy atom. The summed E-state index contributed by atoms with van der Waals surface area (Å²) in [6, 6.07) is 17.0. The molecule has 10 heteroatoms. The van der Waals surface area contributed by atoms with Crippen LogP contribution in [0.1, 0.15) is 39.4 Å². The van der Waals surface area contributed by atoms with E-state index in [4.69, 9.17) is 23.7 Å². The van der Waals surface area contributed by atoms with Gasteiger partial charge >= 0.3 is 23.9 Å². The molecule has 200 valence electrons. The first kappa shape index (κ1) is 26.9. The van der Waals surface area contributed by atoms with E-state index in [1.54, 1.807) is 0 Å². The largest absolute Gasteiger partial charge is 0.463 e. The second kappa shape index (κ2) is 11.5. The third-order valence-corrected chi connectivity index (χ3v) is 6.08. The highest BCUT2D eigenvalue weighted by molar-refractivity contribution is 5.91. The fourth-order valence-electron chi connectivity index (χ4n) is 4.75. The van der Waals surface area contributed by atoms with Crippen molar-refractivity contribution in [2.75, 3.05) is 6.61 Å². The summed E-state index contributed by atoms with van der Waals surface area (Å²) in [4.78, 5) is 51.6. The number of hydrogen-bond acceptors (Lipinski definition) is 9. The maximum atomic E-state index is 12.3. The van der Waals surface area contributed by atoms with E-state index in [9.17, 15) is 19.2 Å². The molecule has 3 aromatic rings. The number of benzene rings is 2. The minimum Gasteiger partial charge on any atom is -0.463 e. The fraction of sp³-hybridized carbons (Fsp3) is 0.357. The molecule has 0 aliphatic carbocycles. The molecule has 38 heavy (non-hydrogen) atoms. The number of hydrogen-bond donors (Lipinski definition) is 1. The Kier molecular flexibility index (Phi) is 8.11. The van der Waals surface area contributed by atoms with Gasteiger partial charge < -0.3 is 28.7 Å². The standard InChI is InChI=1S/C28H29NO9/c1-15(30)34-14-22-25(35-16(2)31)27(36-17(3)32)28(37-18(4)33)26(38-22)23-20-12-8-9-13-21(20)29-24(23)19-10-6-5-7-11-19/h5-13,22,25-29H,14H2,1-4H3/t22-,25-,26?,27+,28+/m1/s1. The van der Waals surface area contributed by atoms with Gasteiger partial charge in [0.2, 0.25) is 0 Å². The molecular formula is C28H29NO9. The first-order valence-corrected chi connectivity index (χ1v) is 12.1. The molecule has 0 radical (unpaired) electrons. The van der Waals surface area contributed by atoms with Crippen LogP contribution in [-0.2, 0) is 42.9 Å². The lowest BCUT2D eigenvalue weighted by Gasteiger charge is -2.44. The van der Waals surface area contributed by atoms with Gasteiger partial charge in [0.25, 0.3) is 0 Å². The maximum absolute atomic E-state index is 12.3. The van der Waals surface area contributed by atoms with Crippen molar-refractivity contribution in [1.29, 1.82) is 0 Å². The topological polar surface area (TPSA) is 130 Å². The van der Waals surface area contributed by atoms with Crippen molar-refractivity contribution < 1.29 is 42.9 Å². The number of esters is 4. The van der Waals surface area contributed by atoms with E-state index in [-0.39, 0.29) is 6.61 Å². The first-order valence-electron chi connectivity index (χ1n) is 12.1. The Bertz CT molecular complexity index is 1330. The molecule has 1 aliphatic heterocycles. The van der Waals surface area contributed by atoms with Crippen LogP contribution in [0.25, 0.3) is 22.2 Å². The summed E-state index contributed by atoms with van der Waals surface area (Å²) in [6.07, 6.45) is -5.71. The quantitative estimate of drug-likeness (QED) is 0.364. The SMILES string of the molecule is CC(=O)OC[C@H]1OC(c2c(-c3ccccc3)[nH]c3ccccc23)[C@H](OC(C)=O)[C@@H](OC(C)=O)[C@@H]1OC(C)=O. The number of aromatic amines is 1. The summed E-state index contributed by atoms with van der Waals surface area (Å²) in [7, 11) is 0. The predicted molar refractivity (Wildman–Crippen MR) is 135 cm³/mol. The van der Waals surface area contributed by atoms with Crippen LogP contribution in [-0.4, -0.2) is 59.9 Å². The lowest BCUT2D eigenvalue weighted by Crippen LogP contribution is -2.59. The number of para-hydroxylation sites is 1. The highest BCUT2D eigenvalue weighted by Gasteiger charge is 2.53. The van der Waals surface area contributed by atoms with Crippen molar-refractivity contribution in [2.45, 2.75) is 58.2 Å². The van der Waals surface area contributed by atoms with Crippen molar-refractivity contribution in [1.82, 2.24) is 4.98 Å². The minimum atomic E-state index is -1.25. The Hall–Kier alpha value is -4.18. The molecule has 0 saturated carbocycles. The molecule has 2 heterocycles. The van der Waals surface area contributed by atoms with E-state index >= 15 is 0 Å². The fourth-order valence-corrected chi connectivity index (χ4v) is 4.75. The molecule has 0 spiro atoms. The van der Waals surface area contributed by atoms with Crippen molar-refractivity contribution in [3.8, 4) is 11.3 Å². The van der Waals surface area contributed by atoms with Gasteiger partial charge in [-0.2, -0.15) is 0 Å². The smallest absolute Gasteiger partial charge is 0.303 e. The molecule has 1 saturated heterocycles. The zero-order chi connectivity index (χ0) is 27.4. The molecule has 1 fully saturated rings. The normalized spacial score (nSPS) is 22.9. The highest BCUT2D eigenvalue weighted by Crippen LogP contribution is 2.44. The summed E-state index contributed by atoms with van der Waals surface area (Å²) in [5.41, 5.74) is 2.98. The Morgan fingerprint density at radius 3 is 1.95 bits per heavy atom. The predicted octanol–water partition coefficient (Wildman–Crippen LogP) is 3.63. The molecule has 1 unspecified atom stereocenters. The number of carbonyl (C=O) groups is 4. The molecule has 0 bridgehead atoms. The zero-order valence-corrected chi connectivity index (χ0v) is 21.5. The van der Waals surface area contributed by atoms with E-state index in [0.717, 1.165) is 16.5 Å². The summed E-state index contributed by atoms with van der Waals surface area (Å²) < 4.78 is 28.5. The van der Waals surface area contributed by atoms with Crippen molar-refractivity contribution in [2.24, 2.45) is 0 Å². The molecule has 5 atom stereocenters. The van der Waals surface area contributed by atoms with Crippen LogP contribution in [0, 0.1) is 0 Å². The van der Waals surface area contributed by atoms with Gasteiger partial charge in [0.1, 0.15) is 18.8 Å². The monoisotopic (exact) mass is 523 g/mol. The van der Waals surface area contributed by atoms with Crippen molar-refractivity contribution >= 4 is 34.8 Å². The van der Waals surface area contributed by atoms with Gasteiger partial charge in [-0.1, -0.05) is 48.5 Å². The Labute approximate surface area is 219 Å². The van der Waals surface area contributed by atoms with Gasteiger partial charge in [0.15, 0.2) is 18.3 Å². The zero-order valence-electron chi connectivity index (χ0n) is 21.5. The highest BCUT2D eigenvalue weighted by atomic mass is 16.7. The summed E-state index contributed by atoms with van der Waals surface area (Å²) in [5.74, 6) is -2.59. The summed E-state index contributed by atoms with van der Waals surface area (Å²) in [6.45, 7) is 4.55. The Balaban J connectivity index is 1.93. The number of carbonyl (C=O) groups excluding carboxylic acids is 4. The minimum absolute atomic E-state index is 0.294. The van der Waals surface area contributed by atoms with Crippen LogP contribution in [0.2, 0.25) is 0 Å². The second-order valence-electron chi connectivity index (χ2n) is 8.95. The number of ether oxygens (including phenoxy) is 5. The van der Waals surface area contributed by atoms with Gasteiger partial charge in [0.05, 0.1) is 5.69 Å². The van der Waals surface area contributed by atoms with Crippen LogP contribution in [0.5, 0.6) is 0 Å². The summed E-state index contributed by atoms with van der Waals surface area (Å²) in [5, 5.41) is 0.784. The molecule has 2 aromatic carbocycles. The molecule has 0 amide bonds. The lowest BCUT2D eigenvalue weighted by atomic mass is 9.88. The number of aromatic nitrogens is 1. The van der Waals surface area contributed by atoms with Crippen LogP contribution in [0.3, 0.4) is 0 Å². The number of fused-ring (bicyclic) bond motifs is 1. The third-order valence-electron chi connectivity index (χ3n) is 6.08. The van der Waals surface area contributed by atoms with E-state index in [0.29, 0.717) is 11.3 Å². The first-order chi connectivity index (χ1) is 18.2. The summed E-state index contributed by atoms with van der Waals surface area (Å²) >= 11 is 0. The molecule has 1 aliphatic rings. The van der Waals surface area contributed by atoms with E-state index in [2.05, 4.69) is 4.98 Å². The average molecular weight is 524 g/mol. The maximum Gasteiger partial charge on any atom is 0.303 e. The number of H-pyrrole nitrogens is 1. The van der Waals surface area contributed by atoms with Gasteiger partial charge in [-0.25, -0.2) is 0 Å². The van der Waals surface area contributed by atoms with Gasteiger partial charge in [-0.15, -0.1) is 0 Å². The van der Waals surface area contributed by atoms with Gasteiger partial charge in [-0.05, 0) is 11.6 Å². The van der Waals surface area contributed by atoms with Crippen LogP contribution < -0.4 is 0 Å². The van der Waals surface area contributed by atoms with E-state index < -0.39 is 54.4 Å². The second-order valence-corrected chi connectivity index (χ2v) is 8.95. The van der Waals surface area contributed by atoms with Crippen molar-refractivity contribution in [3.63, 3.8) is 0 Å². The number of rotatable bonds is 7. The van der Waals surface area contributed by atoms with E-state index in [1.807, 2.05) is 54.6 Å². The Morgan fingerprint density at radius 2 is 1.32 bits per heavy atom. The van der Waals surface area contributed by atoms with Gasteiger partial charge in [-0.3, -0.25) is 19.2 Å². The van der Waals surface area contributed by atoms with Gasteiger partial charge in [0, 0.05) is 44.2 Å². The van der Waals surface area contributed by atoms with E-state index in [1.165, 1.54) is 27.7 Å². The molecule has 1 aromatic heterocycles. The van der Waals surface area contributed by atoms with Crippen molar-refractivity contribution in [3.05, 3.63) is 60.2 Å². The van der Waals surface area contributed by atoms with Crippen LogP contribution in [0.4, 0.5) is 0 Å². The molecule has 1 N–H and O–H groups in total.